The Kier molecular flexibility index (Phi) is 4.55. The summed E-state index contributed by atoms with van der Waals surface area (Å²) in [7, 11) is 0. The molecule has 27 heavy (non-hydrogen) atoms. The van der Waals surface area contributed by atoms with Gasteiger partial charge < -0.3 is 10.1 Å². The van der Waals surface area contributed by atoms with E-state index < -0.39 is 23.1 Å². The average molecular weight is 380 g/mol. The lowest BCUT2D eigenvalue weighted by molar-refractivity contribution is -0.177. The molecule has 0 saturated heterocycles. The molecule has 0 bridgehead atoms. The number of rotatable bonds is 2. The largest absolute Gasteiger partial charge is 0.453 e. The Bertz CT molecular complexity index is 889. The first-order chi connectivity index (χ1) is 12.4. The lowest BCUT2D eigenvalue weighted by atomic mass is 9.95. The molecule has 0 aliphatic carbocycles. The van der Waals surface area contributed by atoms with Crippen molar-refractivity contribution in [2.75, 3.05) is 5.32 Å². The van der Waals surface area contributed by atoms with Gasteiger partial charge >= 0.3 is 6.18 Å². The summed E-state index contributed by atoms with van der Waals surface area (Å²) in [6, 6.07) is 8.18. The van der Waals surface area contributed by atoms with Crippen LogP contribution < -0.4 is 10.1 Å². The lowest BCUT2D eigenvalue weighted by Crippen LogP contribution is -2.36. The van der Waals surface area contributed by atoms with Crippen molar-refractivity contribution < 1.29 is 27.9 Å². The van der Waals surface area contributed by atoms with Gasteiger partial charge in [0, 0.05) is 5.41 Å². The summed E-state index contributed by atoms with van der Waals surface area (Å²) in [5.74, 6) is -0.0727. The number of hydrogen-bond acceptors (Lipinski definition) is 4. The summed E-state index contributed by atoms with van der Waals surface area (Å²) >= 11 is 0. The molecule has 144 valence electrons. The number of carbonyl (C=O) groups excluding carboxylic acids is 1. The van der Waals surface area contributed by atoms with Crippen molar-refractivity contribution in [1.29, 1.82) is 0 Å². The van der Waals surface area contributed by atoms with Crippen LogP contribution in [0.2, 0.25) is 0 Å². The van der Waals surface area contributed by atoms with Crippen LogP contribution in [0.25, 0.3) is 0 Å². The van der Waals surface area contributed by atoms with Gasteiger partial charge in [-0.1, -0.05) is 26.8 Å². The van der Waals surface area contributed by atoms with Crippen LogP contribution in [0, 0.1) is 5.41 Å². The molecule has 2 aromatic rings. The Morgan fingerprint density at radius 3 is 2.26 bits per heavy atom. The maximum Gasteiger partial charge on any atom is 0.416 e. The zero-order valence-electron chi connectivity index (χ0n) is 15.0. The van der Waals surface area contributed by atoms with E-state index in [0.717, 1.165) is 12.1 Å². The van der Waals surface area contributed by atoms with E-state index >= 15 is 0 Å². The Morgan fingerprint density at radius 2 is 1.67 bits per heavy atom. The molecular formula is C19H19F3N2O3. The van der Waals surface area contributed by atoms with Crippen molar-refractivity contribution in [3.8, 4) is 11.5 Å². The molecule has 0 atom stereocenters. The summed E-state index contributed by atoms with van der Waals surface area (Å²) in [4.78, 5) is 12.1. The molecule has 1 heterocycles. The first-order valence-electron chi connectivity index (χ1n) is 8.25. The van der Waals surface area contributed by atoms with Gasteiger partial charge in [-0.15, -0.1) is 0 Å². The number of alkyl halides is 3. The number of hydrogen-bond donors (Lipinski definition) is 2. The SMILES string of the molecule is CC(C)(C)C(=O)N(O)Cc1ccc2c(c1)Oc1cc(C(F)(F)F)ccc1N2. The third-order valence-electron chi connectivity index (χ3n) is 4.05. The Balaban J connectivity index is 1.83. The minimum atomic E-state index is -4.47. The number of carbonyl (C=O) groups is 1. The molecular weight excluding hydrogens is 361 g/mol. The van der Waals surface area contributed by atoms with E-state index in [-0.39, 0.29) is 12.3 Å². The molecule has 1 aliphatic rings. The van der Waals surface area contributed by atoms with Gasteiger partial charge in [-0.05, 0) is 35.9 Å². The zero-order valence-corrected chi connectivity index (χ0v) is 15.0. The van der Waals surface area contributed by atoms with Crippen LogP contribution in [-0.4, -0.2) is 16.2 Å². The molecule has 8 heteroatoms. The molecule has 0 radical (unpaired) electrons. The number of hydroxylamine groups is 2. The van der Waals surface area contributed by atoms with E-state index in [1.807, 2.05) is 0 Å². The van der Waals surface area contributed by atoms with Gasteiger partial charge in [0.2, 0.25) is 0 Å². The standard InChI is InChI=1S/C19H19F3N2O3/c1-18(2,3)17(25)24(26)10-11-4-6-13-15(8-11)27-16-9-12(19(20,21)22)5-7-14(16)23-13/h4-9,23,26H,10H2,1-3H3. The maximum absolute atomic E-state index is 12.9. The van der Waals surface area contributed by atoms with Crippen LogP contribution in [0.15, 0.2) is 36.4 Å². The van der Waals surface area contributed by atoms with E-state index in [9.17, 15) is 23.2 Å². The number of nitrogens with zero attached hydrogens (tertiary/aromatic N) is 1. The fraction of sp³-hybridized carbons (Fsp3) is 0.316. The van der Waals surface area contributed by atoms with E-state index in [1.165, 1.54) is 6.07 Å². The highest BCUT2D eigenvalue weighted by atomic mass is 19.4. The Hall–Kier alpha value is -2.74. The van der Waals surface area contributed by atoms with E-state index in [2.05, 4.69) is 5.32 Å². The summed E-state index contributed by atoms with van der Waals surface area (Å²) in [6.45, 7) is 5.00. The highest BCUT2D eigenvalue weighted by molar-refractivity contribution is 5.80. The van der Waals surface area contributed by atoms with Crippen LogP contribution in [0.4, 0.5) is 24.5 Å². The lowest BCUT2D eigenvalue weighted by Gasteiger charge is -2.26. The maximum atomic E-state index is 12.9. The second-order valence-corrected chi connectivity index (χ2v) is 7.38. The third kappa shape index (κ3) is 4.00. The first-order valence-corrected chi connectivity index (χ1v) is 8.25. The number of ether oxygens (including phenoxy) is 1. The van der Waals surface area contributed by atoms with Crippen molar-refractivity contribution >= 4 is 17.3 Å². The monoisotopic (exact) mass is 380 g/mol. The predicted molar refractivity (Wildman–Crippen MR) is 93.0 cm³/mol. The Morgan fingerprint density at radius 1 is 1.07 bits per heavy atom. The second-order valence-electron chi connectivity index (χ2n) is 7.38. The van der Waals surface area contributed by atoms with Gasteiger partial charge in [0.1, 0.15) is 0 Å². The van der Waals surface area contributed by atoms with Crippen molar-refractivity contribution in [3.05, 3.63) is 47.5 Å². The molecule has 1 amide bonds. The van der Waals surface area contributed by atoms with Gasteiger partial charge in [-0.2, -0.15) is 13.2 Å². The molecule has 3 rings (SSSR count). The second kappa shape index (κ2) is 6.45. The molecule has 2 aromatic carbocycles. The zero-order chi connectivity index (χ0) is 20.0. The molecule has 0 fully saturated rings. The molecule has 0 spiro atoms. The summed E-state index contributed by atoms with van der Waals surface area (Å²) in [5, 5.41) is 13.6. The third-order valence-corrected chi connectivity index (χ3v) is 4.05. The molecule has 5 nitrogen and oxygen atoms in total. The van der Waals surface area contributed by atoms with Crippen LogP contribution in [0.1, 0.15) is 31.9 Å². The molecule has 1 aliphatic heterocycles. The topological polar surface area (TPSA) is 61.8 Å². The van der Waals surface area contributed by atoms with Crippen molar-refractivity contribution in [2.45, 2.75) is 33.5 Å². The van der Waals surface area contributed by atoms with Gasteiger partial charge in [-0.25, -0.2) is 5.06 Å². The number of halogens is 3. The van der Waals surface area contributed by atoms with Gasteiger partial charge in [0.25, 0.3) is 5.91 Å². The van der Waals surface area contributed by atoms with Gasteiger partial charge in [-0.3, -0.25) is 10.0 Å². The fourth-order valence-electron chi connectivity index (χ4n) is 2.63. The Labute approximate surface area is 154 Å². The molecule has 0 unspecified atom stereocenters. The van der Waals surface area contributed by atoms with Gasteiger partial charge in [0.15, 0.2) is 11.5 Å². The van der Waals surface area contributed by atoms with Crippen molar-refractivity contribution in [3.63, 3.8) is 0 Å². The minimum Gasteiger partial charge on any atom is -0.453 e. The van der Waals surface area contributed by atoms with Crippen LogP contribution in [-0.2, 0) is 17.5 Å². The van der Waals surface area contributed by atoms with Crippen molar-refractivity contribution in [1.82, 2.24) is 5.06 Å². The number of benzene rings is 2. The van der Waals surface area contributed by atoms with Crippen LogP contribution in [0.3, 0.4) is 0 Å². The average Bonchev–Trinajstić information content (AvgIpc) is 2.57. The van der Waals surface area contributed by atoms with Gasteiger partial charge in [0.05, 0.1) is 23.5 Å². The van der Waals surface area contributed by atoms with E-state index in [4.69, 9.17) is 4.74 Å². The molecule has 0 aromatic heterocycles. The molecule has 2 N–H and O–H groups in total. The van der Waals surface area contributed by atoms with Crippen molar-refractivity contribution in [2.24, 2.45) is 5.41 Å². The normalized spacial score (nSPS) is 13.1. The smallest absolute Gasteiger partial charge is 0.416 e. The number of fused-ring (bicyclic) bond motifs is 2. The highest BCUT2D eigenvalue weighted by Gasteiger charge is 2.32. The van der Waals surface area contributed by atoms with E-state index in [1.54, 1.807) is 39.0 Å². The quantitative estimate of drug-likeness (QED) is 0.467. The number of amides is 1. The first kappa shape index (κ1) is 19.0. The summed E-state index contributed by atoms with van der Waals surface area (Å²) in [6.07, 6.45) is -4.47. The predicted octanol–water partition coefficient (Wildman–Crippen LogP) is 5.32. The number of anilines is 2. The molecule has 0 saturated carbocycles. The summed E-state index contributed by atoms with van der Waals surface area (Å²) < 4.78 is 44.3. The summed E-state index contributed by atoms with van der Waals surface area (Å²) in [5.41, 5.74) is 0.0344. The highest BCUT2D eigenvalue weighted by Crippen LogP contribution is 2.44. The van der Waals surface area contributed by atoms with Crippen LogP contribution >= 0.6 is 0 Å². The minimum absolute atomic E-state index is 0.0566. The number of nitrogens with one attached hydrogen (secondary N) is 1. The van der Waals surface area contributed by atoms with E-state index in [0.29, 0.717) is 27.8 Å². The fourth-order valence-corrected chi connectivity index (χ4v) is 2.63. The van der Waals surface area contributed by atoms with Crippen LogP contribution in [0.5, 0.6) is 11.5 Å².